The first kappa shape index (κ1) is 30.9. The standard InChI is InChI=1S/C24H24ClF3N4O7S/c1-36-10-11-37-19-6-5-16(21(13-19)39-22-20(25)12-17(14-30-22)24(26,27)28)15-38-23(33)32-40(34,35)31-9-7-18-4-2-3-8-29-18/h2-6,8,12-14,31H,7,9-11,15H2,1H3,(H,32,33). The van der Waals surface area contributed by atoms with Crippen LogP contribution in [0.4, 0.5) is 18.0 Å². The fraction of sp³-hybridized carbons (Fsp3) is 0.292. The van der Waals surface area contributed by atoms with Gasteiger partial charge >= 0.3 is 22.5 Å². The molecule has 40 heavy (non-hydrogen) atoms. The lowest BCUT2D eigenvalue weighted by atomic mass is 10.2. The number of benzene rings is 1. The van der Waals surface area contributed by atoms with Gasteiger partial charge in [-0.1, -0.05) is 17.7 Å². The SMILES string of the molecule is COCCOc1ccc(COC(=O)NS(=O)(=O)NCCc2ccccn2)c(Oc2ncc(C(F)(F)F)cc2Cl)c1. The molecule has 0 saturated heterocycles. The van der Waals surface area contributed by atoms with Crippen molar-refractivity contribution >= 4 is 27.9 Å². The van der Waals surface area contributed by atoms with Gasteiger partial charge in [0.25, 0.3) is 0 Å². The van der Waals surface area contributed by atoms with Crippen LogP contribution in [0.15, 0.2) is 54.9 Å². The van der Waals surface area contributed by atoms with Crippen LogP contribution in [-0.4, -0.2) is 51.3 Å². The number of rotatable bonds is 13. The van der Waals surface area contributed by atoms with Crippen molar-refractivity contribution in [3.8, 4) is 17.4 Å². The van der Waals surface area contributed by atoms with Crippen molar-refractivity contribution in [1.82, 2.24) is 19.4 Å². The number of halogens is 4. The van der Waals surface area contributed by atoms with Crippen molar-refractivity contribution in [3.63, 3.8) is 0 Å². The Kier molecular flexibility index (Phi) is 10.9. The Balaban J connectivity index is 1.67. The molecule has 0 bridgehead atoms. The fourth-order valence-electron chi connectivity index (χ4n) is 3.02. The summed E-state index contributed by atoms with van der Waals surface area (Å²) in [5.41, 5.74) is -0.221. The summed E-state index contributed by atoms with van der Waals surface area (Å²) in [6.45, 7) is -0.0547. The molecule has 0 spiro atoms. The molecule has 3 aromatic rings. The maximum Gasteiger partial charge on any atom is 0.422 e. The minimum absolute atomic E-state index is 0.0202. The van der Waals surface area contributed by atoms with Crippen molar-refractivity contribution in [2.24, 2.45) is 0 Å². The van der Waals surface area contributed by atoms with Crippen LogP contribution >= 0.6 is 11.6 Å². The van der Waals surface area contributed by atoms with Gasteiger partial charge in [-0.2, -0.15) is 26.3 Å². The van der Waals surface area contributed by atoms with Crippen molar-refractivity contribution in [1.29, 1.82) is 0 Å². The second kappa shape index (κ2) is 14.1. The number of ether oxygens (including phenoxy) is 4. The van der Waals surface area contributed by atoms with E-state index in [0.29, 0.717) is 23.7 Å². The van der Waals surface area contributed by atoms with Crippen LogP contribution in [0, 0.1) is 0 Å². The molecule has 2 heterocycles. The molecule has 1 amide bonds. The molecule has 2 N–H and O–H groups in total. The Morgan fingerprint density at radius 2 is 1.90 bits per heavy atom. The number of methoxy groups -OCH3 is 1. The largest absolute Gasteiger partial charge is 0.491 e. The molecule has 0 radical (unpaired) electrons. The third-order valence-corrected chi connectivity index (χ3v) is 6.20. The normalized spacial score (nSPS) is 11.6. The van der Waals surface area contributed by atoms with Crippen LogP contribution in [-0.2, 0) is 38.9 Å². The van der Waals surface area contributed by atoms with E-state index < -0.39 is 39.7 Å². The summed E-state index contributed by atoms with van der Waals surface area (Å²) in [5.74, 6) is -0.0784. The topological polar surface area (TPSA) is 138 Å². The van der Waals surface area contributed by atoms with Gasteiger partial charge in [-0.25, -0.2) is 14.5 Å². The molecule has 0 aliphatic rings. The maximum atomic E-state index is 13.0. The van der Waals surface area contributed by atoms with Gasteiger partial charge in [0.1, 0.15) is 29.7 Å². The molecule has 3 rings (SSSR count). The van der Waals surface area contributed by atoms with E-state index in [1.807, 2.05) is 0 Å². The summed E-state index contributed by atoms with van der Waals surface area (Å²) < 4.78 is 88.2. The zero-order valence-electron chi connectivity index (χ0n) is 20.9. The average molecular weight is 605 g/mol. The third kappa shape index (κ3) is 9.82. The first-order chi connectivity index (χ1) is 19.0. The molecule has 0 aliphatic carbocycles. The van der Waals surface area contributed by atoms with Crippen molar-refractivity contribution < 1.29 is 45.3 Å². The van der Waals surface area contributed by atoms with Gasteiger partial charge < -0.3 is 18.9 Å². The molecule has 1 aromatic carbocycles. The van der Waals surface area contributed by atoms with Crippen LogP contribution in [0.25, 0.3) is 0 Å². The van der Waals surface area contributed by atoms with E-state index in [9.17, 15) is 26.4 Å². The van der Waals surface area contributed by atoms with Gasteiger partial charge in [-0.05, 0) is 30.3 Å². The number of hydrogen-bond donors (Lipinski definition) is 2. The molecule has 0 aliphatic heterocycles. The number of carbonyl (C=O) groups is 1. The van der Waals surface area contributed by atoms with Crippen LogP contribution in [0.3, 0.4) is 0 Å². The van der Waals surface area contributed by atoms with Crippen LogP contribution in [0.1, 0.15) is 16.8 Å². The minimum Gasteiger partial charge on any atom is -0.491 e. The molecule has 11 nitrogen and oxygen atoms in total. The number of amides is 1. The summed E-state index contributed by atoms with van der Waals surface area (Å²) in [4.78, 5) is 19.9. The maximum absolute atomic E-state index is 13.0. The summed E-state index contributed by atoms with van der Waals surface area (Å²) in [6.07, 6.45) is -3.55. The van der Waals surface area contributed by atoms with Crippen LogP contribution in [0.5, 0.6) is 17.4 Å². The molecule has 0 fully saturated rings. The molecule has 0 saturated carbocycles. The van der Waals surface area contributed by atoms with E-state index in [-0.39, 0.29) is 43.4 Å². The van der Waals surface area contributed by atoms with Gasteiger partial charge in [0.05, 0.1) is 12.2 Å². The number of nitrogens with zero attached hydrogens (tertiary/aromatic N) is 2. The van der Waals surface area contributed by atoms with E-state index in [1.54, 1.807) is 29.1 Å². The molecule has 0 atom stereocenters. The lowest BCUT2D eigenvalue weighted by Gasteiger charge is -2.15. The Morgan fingerprint density at radius 1 is 1.10 bits per heavy atom. The number of hydrogen-bond acceptors (Lipinski definition) is 9. The Bertz CT molecular complexity index is 1400. The number of pyridine rings is 2. The lowest BCUT2D eigenvalue weighted by molar-refractivity contribution is -0.137. The van der Waals surface area contributed by atoms with Crippen LogP contribution < -0.4 is 18.9 Å². The highest BCUT2D eigenvalue weighted by Crippen LogP contribution is 2.36. The van der Waals surface area contributed by atoms with Gasteiger partial charge in [-0.3, -0.25) is 4.98 Å². The zero-order valence-corrected chi connectivity index (χ0v) is 22.5. The van der Waals surface area contributed by atoms with Crippen LogP contribution in [0.2, 0.25) is 5.02 Å². The fourth-order valence-corrected chi connectivity index (χ4v) is 3.95. The lowest BCUT2D eigenvalue weighted by Crippen LogP contribution is -2.41. The summed E-state index contributed by atoms with van der Waals surface area (Å²) >= 11 is 5.95. The Hall–Kier alpha value is -3.66. The van der Waals surface area contributed by atoms with E-state index in [1.165, 1.54) is 25.3 Å². The zero-order chi connectivity index (χ0) is 29.2. The monoisotopic (exact) mass is 604 g/mol. The van der Waals surface area contributed by atoms with Gasteiger partial charge in [0.15, 0.2) is 0 Å². The second-order valence-electron chi connectivity index (χ2n) is 7.87. The number of aromatic nitrogens is 2. The first-order valence-electron chi connectivity index (χ1n) is 11.5. The van der Waals surface area contributed by atoms with Crippen molar-refractivity contribution in [2.45, 2.75) is 19.2 Å². The summed E-state index contributed by atoms with van der Waals surface area (Å²) in [6, 6.07) is 10.2. The molecule has 0 unspecified atom stereocenters. The molecular weight excluding hydrogens is 581 g/mol. The summed E-state index contributed by atoms with van der Waals surface area (Å²) in [7, 11) is -2.76. The van der Waals surface area contributed by atoms with E-state index in [2.05, 4.69) is 14.7 Å². The highest BCUT2D eigenvalue weighted by atomic mass is 35.5. The van der Waals surface area contributed by atoms with Gasteiger partial charge in [-0.15, -0.1) is 0 Å². The Morgan fingerprint density at radius 3 is 2.58 bits per heavy atom. The molecule has 16 heteroatoms. The van der Waals surface area contributed by atoms with Gasteiger partial charge in [0.2, 0.25) is 5.88 Å². The third-order valence-electron chi connectivity index (χ3n) is 4.91. The highest BCUT2D eigenvalue weighted by molar-refractivity contribution is 7.88. The molecular formula is C24H24ClF3N4O7S. The van der Waals surface area contributed by atoms with E-state index in [4.69, 9.17) is 30.5 Å². The predicted molar refractivity (Wildman–Crippen MR) is 136 cm³/mol. The van der Waals surface area contributed by atoms with E-state index >= 15 is 0 Å². The second-order valence-corrected chi connectivity index (χ2v) is 9.78. The quantitative estimate of drug-likeness (QED) is 0.274. The highest BCUT2D eigenvalue weighted by Gasteiger charge is 2.32. The number of carbonyl (C=O) groups excluding carboxylic acids is 1. The van der Waals surface area contributed by atoms with Crippen molar-refractivity contribution in [3.05, 3.63) is 76.7 Å². The molecule has 2 aromatic heterocycles. The smallest absolute Gasteiger partial charge is 0.422 e. The minimum atomic E-state index is -4.66. The molecule has 216 valence electrons. The van der Waals surface area contributed by atoms with Crippen molar-refractivity contribution in [2.75, 3.05) is 26.9 Å². The van der Waals surface area contributed by atoms with Gasteiger partial charge in [0, 0.05) is 49.8 Å². The first-order valence-corrected chi connectivity index (χ1v) is 13.3. The Labute approximate surface area is 232 Å². The predicted octanol–water partition coefficient (Wildman–Crippen LogP) is 4.27. The number of alkyl halides is 3. The van der Waals surface area contributed by atoms with E-state index in [0.717, 1.165) is 0 Å². The number of nitrogens with one attached hydrogen (secondary N) is 2. The summed E-state index contributed by atoms with van der Waals surface area (Å²) in [5, 5.41) is -0.423. The average Bonchev–Trinajstić information content (AvgIpc) is 2.89.